The molecule has 0 heterocycles. The van der Waals surface area contributed by atoms with E-state index in [4.69, 9.17) is 0 Å². The summed E-state index contributed by atoms with van der Waals surface area (Å²) in [7, 11) is -2.94. The van der Waals surface area contributed by atoms with Gasteiger partial charge < -0.3 is 0 Å². The van der Waals surface area contributed by atoms with E-state index >= 15 is 0 Å². The smallest absolute Gasteiger partial charge is 0.168 e. The van der Waals surface area contributed by atoms with Crippen LogP contribution in [0, 0.1) is 11.8 Å². The first-order chi connectivity index (χ1) is 5.37. The lowest BCUT2D eigenvalue weighted by Gasteiger charge is -2.13. The van der Waals surface area contributed by atoms with Crippen molar-refractivity contribution in [1.29, 1.82) is 0 Å². The number of sulfone groups is 1. The molecule has 0 aliphatic carbocycles. The Morgan fingerprint density at radius 2 is 1.83 bits per heavy atom. The van der Waals surface area contributed by atoms with Gasteiger partial charge in [-0.05, 0) is 18.3 Å². The van der Waals surface area contributed by atoms with Gasteiger partial charge in [-0.25, -0.2) is 8.42 Å². The van der Waals surface area contributed by atoms with Crippen molar-refractivity contribution in [1.82, 2.24) is 0 Å². The monoisotopic (exact) mass is 190 g/mol. The van der Waals surface area contributed by atoms with Gasteiger partial charge in [-0.3, -0.25) is 0 Å². The van der Waals surface area contributed by atoms with Gasteiger partial charge in [0.2, 0.25) is 0 Å². The van der Waals surface area contributed by atoms with E-state index in [2.05, 4.69) is 20.8 Å². The lowest BCUT2D eigenvalue weighted by atomic mass is 9.94. The maximum Gasteiger partial charge on any atom is 0.168 e. The van der Waals surface area contributed by atoms with Gasteiger partial charge in [-0.2, -0.15) is 0 Å². The third kappa shape index (κ3) is 5.35. The van der Waals surface area contributed by atoms with Gasteiger partial charge in [0.05, 0.1) is 0 Å². The lowest BCUT2D eigenvalue weighted by molar-refractivity contribution is 0.453. The molecule has 1 atom stereocenters. The standard InChI is InChI=1S/C9H18O2S/c1-5-9(8(2)3)6-7-12(4,10)11/h6-9H,5H2,1-4H3/b7-6-/t9-/m0/s1. The Hall–Kier alpha value is -0.310. The molecule has 0 fully saturated rings. The van der Waals surface area contributed by atoms with Crippen LogP contribution in [-0.2, 0) is 9.84 Å². The van der Waals surface area contributed by atoms with Crippen LogP contribution in [0.3, 0.4) is 0 Å². The Balaban J connectivity index is 4.31. The lowest BCUT2D eigenvalue weighted by Crippen LogP contribution is -2.04. The molecule has 0 radical (unpaired) electrons. The molecule has 0 aromatic rings. The van der Waals surface area contributed by atoms with E-state index in [1.54, 1.807) is 6.08 Å². The summed E-state index contributed by atoms with van der Waals surface area (Å²) in [6.45, 7) is 6.26. The maximum atomic E-state index is 10.8. The molecule has 0 aliphatic rings. The average Bonchev–Trinajstić information content (AvgIpc) is 1.85. The predicted molar refractivity (Wildman–Crippen MR) is 52.6 cm³/mol. The molecule has 72 valence electrons. The Morgan fingerprint density at radius 1 is 1.33 bits per heavy atom. The minimum absolute atomic E-state index is 0.375. The molecule has 0 rings (SSSR count). The van der Waals surface area contributed by atoms with E-state index in [0.717, 1.165) is 6.42 Å². The van der Waals surface area contributed by atoms with Gasteiger partial charge in [0.1, 0.15) is 0 Å². The summed E-state index contributed by atoms with van der Waals surface area (Å²) < 4.78 is 21.6. The van der Waals surface area contributed by atoms with Gasteiger partial charge >= 0.3 is 0 Å². The topological polar surface area (TPSA) is 34.1 Å². The fourth-order valence-corrected chi connectivity index (χ4v) is 1.56. The molecule has 0 bridgehead atoms. The van der Waals surface area contributed by atoms with Gasteiger partial charge in [0, 0.05) is 11.7 Å². The van der Waals surface area contributed by atoms with E-state index in [1.807, 2.05) is 0 Å². The Kier molecular flexibility index (Phi) is 4.53. The highest BCUT2D eigenvalue weighted by Gasteiger charge is 2.07. The van der Waals surface area contributed by atoms with E-state index in [-0.39, 0.29) is 0 Å². The summed E-state index contributed by atoms with van der Waals surface area (Å²) in [5.41, 5.74) is 0. The molecule has 0 amide bonds. The Labute approximate surface area is 75.6 Å². The van der Waals surface area contributed by atoms with Crippen LogP contribution in [0.15, 0.2) is 11.5 Å². The second kappa shape index (κ2) is 4.65. The number of hydrogen-bond acceptors (Lipinski definition) is 2. The molecule has 2 nitrogen and oxygen atoms in total. The molecule has 3 heteroatoms. The highest BCUT2D eigenvalue weighted by Crippen LogP contribution is 2.16. The molecule has 0 aliphatic heterocycles. The first kappa shape index (κ1) is 11.7. The average molecular weight is 190 g/mol. The van der Waals surface area contributed by atoms with Gasteiger partial charge in [0.15, 0.2) is 9.84 Å². The summed E-state index contributed by atoms with van der Waals surface area (Å²) in [4.78, 5) is 0. The van der Waals surface area contributed by atoms with Gasteiger partial charge in [0.25, 0.3) is 0 Å². The Bertz CT molecular complexity index is 237. The largest absolute Gasteiger partial charge is 0.225 e. The first-order valence-corrected chi connectivity index (χ1v) is 6.20. The maximum absolute atomic E-state index is 10.8. The Morgan fingerprint density at radius 3 is 2.08 bits per heavy atom. The van der Waals surface area contributed by atoms with Crippen LogP contribution in [0.5, 0.6) is 0 Å². The molecule has 0 spiro atoms. The molecule has 0 N–H and O–H groups in total. The summed E-state index contributed by atoms with van der Waals surface area (Å²) in [5.74, 6) is 0.882. The van der Waals surface area contributed by atoms with Crippen molar-refractivity contribution in [2.24, 2.45) is 11.8 Å². The summed E-state index contributed by atoms with van der Waals surface area (Å²) in [6, 6.07) is 0. The summed E-state index contributed by atoms with van der Waals surface area (Å²) in [6.07, 6.45) is 4.00. The minimum atomic E-state index is -2.94. The molecule has 0 aromatic heterocycles. The molecular formula is C9H18O2S. The quantitative estimate of drug-likeness (QED) is 0.681. The molecule has 0 saturated heterocycles. The van der Waals surface area contributed by atoms with Gasteiger partial charge in [-0.15, -0.1) is 0 Å². The summed E-state index contributed by atoms with van der Waals surface area (Å²) in [5, 5.41) is 1.31. The number of allylic oxidation sites excluding steroid dienone is 1. The van der Waals surface area contributed by atoms with Crippen LogP contribution >= 0.6 is 0 Å². The number of hydrogen-bond donors (Lipinski definition) is 0. The second-order valence-corrected chi connectivity index (χ2v) is 5.41. The third-order valence-electron chi connectivity index (χ3n) is 1.90. The van der Waals surface area contributed by atoms with E-state index in [9.17, 15) is 8.42 Å². The zero-order chi connectivity index (χ0) is 9.78. The van der Waals surface area contributed by atoms with Crippen molar-refractivity contribution in [2.45, 2.75) is 27.2 Å². The van der Waals surface area contributed by atoms with E-state index in [0.29, 0.717) is 11.8 Å². The second-order valence-electron chi connectivity index (χ2n) is 3.47. The molecule has 0 aromatic carbocycles. The van der Waals surface area contributed by atoms with Crippen molar-refractivity contribution in [3.8, 4) is 0 Å². The SMILES string of the molecule is CC[C@@H](/C=C\S(C)(=O)=O)C(C)C. The fraction of sp³-hybridized carbons (Fsp3) is 0.778. The normalized spacial score (nSPS) is 15.8. The molecule has 0 saturated carbocycles. The van der Waals surface area contributed by atoms with Crippen LogP contribution < -0.4 is 0 Å². The summed E-state index contributed by atoms with van der Waals surface area (Å²) >= 11 is 0. The third-order valence-corrected chi connectivity index (χ3v) is 2.55. The zero-order valence-corrected chi connectivity index (χ0v) is 9.06. The van der Waals surface area contributed by atoms with E-state index in [1.165, 1.54) is 11.7 Å². The van der Waals surface area contributed by atoms with Crippen molar-refractivity contribution < 1.29 is 8.42 Å². The van der Waals surface area contributed by atoms with Crippen molar-refractivity contribution in [2.75, 3.05) is 6.26 Å². The first-order valence-electron chi connectivity index (χ1n) is 4.25. The van der Waals surface area contributed by atoms with Crippen molar-refractivity contribution >= 4 is 9.84 Å². The molecule has 12 heavy (non-hydrogen) atoms. The molecular weight excluding hydrogens is 172 g/mol. The van der Waals surface area contributed by atoms with Crippen molar-refractivity contribution in [3.63, 3.8) is 0 Å². The fourth-order valence-electron chi connectivity index (χ4n) is 1.07. The van der Waals surface area contributed by atoms with E-state index < -0.39 is 9.84 Å². The number of rotatable bonds is 4. The zero-order valence-electron chi connectivity index (χ0n) is 8.24. The predicted octanol–water partition coefficient (Wildman–Crippen LogP) is 2.23. The van der Waals surface area contributed by atoms with Crippen LogP contribution in [0.4, 0.5) is 0 Å². The van der Waals surface area contributed by atoms with Crippen LogP contribution in [0.25, 0.3) is 0 Å². The minimum Gasteiger partial charge on any atom is -0.225 e. The highest BCUT2D eigenvalue weighted by atomic mass is 32.2. The van der Waals surface area contributed by atoms with Crippen LogP contribution in [-0.4, -0.2) is 14.7 Å². The van der Waals surface area contributed by atoms with Crippen LogP contribution in [0.2, 0.25) is 0 Å². The van der Waals surface area contributed by atoms with Gasteiger partial charge in [-0.1, -0.05) is 26.8 Å². The highest BCUT2D eigenvalue weighted by molar-refractivity contribution is 7.93. The van der Waals surface area contributed by atoms with Crippen molar-refractivity contribution in [3.05, 3.63) is 11.5 Å². The molecule has 0 unspecified atom stereocenters. The van der Waals surface area contributed by atoms with Crippen LogP contribution in [0.1, 0.15) is 27.2 Å².